The Morgan fingerprint density at radius 1 is 1.23 bits per heavy atom. The molecule has 22 heavy (non-hydrogen) atoms. The zero-order valence-electron chi connectivity index (χ0n) is 11.9. The van der Waals surface area contributed by atoms with E-state index in [-0.39, 0.29) is 11.7 Å². The first kappa shape index (κ1) is 14.9. The molecule has 0 spiro atoms. The van der Waals surface area contributed by atoms with Gasteiger partial charge in [-0.3, -0.25) is 15.0 Å². The molecule has 3 rings (SSSR count). The summed E-state index contributed by atoms with van der Waals surface area (Å²) < 4.78 is 12.9. The first-order valence-electron chi connectivity index (χ1n) is 6.99. The normalized spacial score (nSPS) is 15.8. The molecule has 1 aliphatic rings. The van der Waals surface area contributed by atoms with Crippen LogP contribution < -0.4 is 10.2 Å². The van der Waals surface area contributed by atoms with Crippen molar-refractivity contribution in [1.29, 1.82) is 0 Å². The summed E-state index contributed by atoms with van der Waals surface area (Å²) in [4.78, 5) is 16.2. The van der Waals surface area contributed by atoms with Gasteiger partial charge in [0.15, 0.2) is 0 Å². The van der Waals surface area contributed by atoms with Crippen LogP contribution in [0.2, 0.25) is 0 Å². The van der Waals surface area contributed by atoms with Gasteiger partial charge in [0.1, 0.15) is 11.3 Å². The predicted octanol–water partition coefficient (Wildman–Crippen LogP) is 1.44. The lowest BCUT2D eigenvalue weighted by atomic mass is 10.2. The van der Waals surface area contributed by atoms with E-state index in [0.717, 1.165) is 31.9 Å². The van der Waals surface area contributed by atoms with Gasteiger partial charge < -0.3 is 4.90 Å². The molecule has 2 heterocycles. The first-order chi connectivity index (χ1) is 10.7. The smallest absolute Gasteiger partial charge is 0.240 e. The van der Waals surface area contributed by atoms with Crippen LogP contribution in [-0.2, 0) is 4.79 Å². The Morgan fingerprint density at radius 2 is 1.95 bits per heavy atom. The maximum Gasteiger partial charge on any atom is 0.240 e. The third-order valence-corrected chi connectivity index (χ3v) is 4.14. The molecule has 1 fully saturated rings. The molecular weight excluding hydrogens is 305 g/mol. The number of anilines is 2. The van der Waals surface area contributed by atoms with Crippen LogP contribution in [-0.4, -0.2) is 53.7 Å². The van der Waals surface area contributed by atoms with Crippen molar-refractivity contribution in [2.45, 2.75) is 0 Å². The van der Waals surface area contributed by atoms with Crippen LogP contribution >= 0.6 is 11.3 Å². The first-order valence-corrected chi connectivity index (χ1v) is 7.87. The number of nitrogens with zero attached hydrogens (tertiary/aromatic N) is 4. The monoisotopic (exact) mass is 321 g/mol. The Labute approximate surface area is 131 Å². The molecule has 6 nitrogen and oxygen atoms in total. The maximum atomic E-state index is 12.9. The summed E-state index contributed by atoms with van der Waals surface area (Å²) >= 11 is 1.30. The molecule has 0 aliphatic carbocycles. The van der Waals surface area contributed by atoms with E-state index in [1.165, 1.54) is 23.5 Å². The Morgan fingerprint density at radius 3 is 2.59 bits per heavy atom. The molecule has 0 saturated carbocycles. The van der Waals surface area contributed by atoms with Crippen LogP contribution in [0.5, 0.6) is 0 Å². The van der Waals surface area contributed by atoms with E-state index >= 15 is 0 Å². The zero-order chi connectivity index (χ0) is 15.4. The van der Waals surface area contributed by atoms with Crippen molar-refractivity contribution < 1.29 is 9.18 Å². The Kier molecular flexibility index (Phi) is 4.59. The van der Waals surface area contributed by atoms with Crippen LogP contribution in [0.4, 0.5) is 15.2 Å². The lowest BCUT2D eigenvalue weighted by molar-refractivity contribution is -0.117. The molecule has 1 aliphatic heterocycles. The molecule has 0 radical (unpaired) electrons. The molecule has 116 valence electrons. The summed E-state index contributed by atoms with van der Waals surface area (Å²) in [6.45, 7) is 3.56. The Hall–Kier alpha value is -2.06. The fraction of sp³-hybridized carbons (Fsp3) is 0.357. The fourth-order valence-electron chi connectivity index (χ4n) is 2.41. The van der Waals surface area contributed by atoms with Crippen molar-refractivity contribution in [3.8, 4) is 0 Å². The van der Waals surface area contributed by atoms with Gasteiger partial charge in [-0.1, -0.05) is 11.3 Å². The number of nitrogens with one attached hydrogen (secondary N) is 1. The van der Waals surface area contributed by atoms with Crippen LogP contribution in [0.25, 0.3) is 0 Å². The highest BCUT2D eigenvalue weighted by Gasteiger charge is 2.19. The molecule has 1 N–H and O–H groups in total. The second-order valence-electron chi connectivity index (χ2n) is 5.03. The van der Waals surface area contributed by atoms with Gasteiger partial charge >= 0.3 is 0 Å². The van der Waals surface area contributed by atoms with Crippen LogP contribution in [0.15, 0.2) is 29.8 Å². The van der Waals surface area contributed by atoms with Gasteiger partial charge in [-0.15, -0.1) is 10.2 Å². The number of amides is 1. The number of rotatable bonds is 4. The third kappa shape index (κ3) is 3.77. The number of benzene rings is 1. The second-order valence-corrected chi connectivity index (χ2v) is 5.86. The highest BCUT2D eigenvalue weighted by Crippen LogP contribution is 2.17. The molecule has 1 aromatic heterocycles. The van der Waals surface area contributed by atoms with E-state index in [1.54, 1.807) is 17.6 Å². The van der Waals surface area contributed by atoms with E-state index < -0.39 is 0 Å². The van der Waals surface area contributed by atoms with Crippen molar-refractivity contribution in [1.82, 2.24) is 15.1 Å². The molecule has 0 atom stereocenters. The quantitative estimate of drug-likeness (QED) is 0.923. The van der Waals surface area contributed by atoms with Crippen molar-refractivity contribution in [2.24, 2.45) is 0 Å². The molecule has 1 saturated heterocycles. The van der Waals surface area contributed by atoms with E-state index in [0.29, 0.717) is 11.7 Å². The minimum Gasteiger partial charge on any atom is -0.369 e. The van der Waals surface area contributed by atoms with Gasteiger partial charge in [0, 0.05) is 31.9 Å². The highest BCUT2D eigenvalue weighted by atomic mass is 32.1. The number of aromatic nitrogens is 2. The van der Waals surface area contributed by atoms with Gasteiger partial charge in [-0.2, -0.15) is 0 Å². The van der Waals surface area contributed by atoms with Crippen molar-refractivity contribution in [2.75, 3.05) is 42.9 Å². The summed E-state index contributed by atoms with van der Waals surface area (Å²) in [5.41, 5.74) is 2.59. The van der Waals surface area contributed by atoms with Gasteiger partial charge in [0.25, 0.3) is 0 Å². The summed E-state index contributed by atoms with van der Waals surface area (Å²) in [7, 11) is 0. The van der Waals surface area contributed by atoms with E-state index in [9.17, 15) is 9.18 Å². The van der Waals surface area contributed by atoms with Gasteiger partial charge in [-0.05, 0) is 24.3 Å². The number of hydrogen-bond acceptors (Lipinski definition) is 6. The predicted molar refractivity (Wildman–Crippen MR) is 83.6 cm³/mol. The average Bonchev–Trinajstić information content (AvgIpc) is 3.02. The molecule has 1 aromatic carbocycles. The third-order valence-electron chi connectivity index (χ3n) is 3.54. The molecule has 1 amide bonds. The zero-order valence-corrected chi connectivity index (χ0v) is 12.7. The number of hydrogen-bond donors (Lipinski definition) is 1. The van der Waals surface area contributed by atoms with E-state index in [4.69, 9.17) is 0 Å². The topological polar surface area (TPSA) is 61.4 Å². The van der Waals surface area contributed by atoms with Crippen LogP contribution in [0.3, 0.4) is 0 Å². The largest absolute Gasteiger partial charge is 0.369 e. The van der Waals surface area contributed by atoms with E-state index in [2.05, 4.69) is 25.3 Å². The summed E-state index contributed by atoms with van der Waals surface area (Å²) in [5.74, 6) is -0.303. The van der Waals surface area contributed by atoms with Crippen molar-refractivity contribution in [3.05, 3.63) is 35.6 Å². The average molecular weight is 321 g/mol. The molecule has 0 bridgehead atoms. The summed E-state index contributed by atoms with van der Waals surface area (Å²) in [6, 6.07) is 6.51. The lowest BCUT2D eigenvalue weighted by Gasteiger charge is -2.35. The fourth-order valence-corrected chi connectivity index (χ4v) is 2.87. The SMILES string of the molecule is O=C(CN1CCN(c2ccc(F)cc2)CC1)Nc1nncs1. The van der Waals surface area contributed by atoms with Crippen LogP contribution in [0, 0.1) is 5.82 Å². The molecule has 0 unspecified atom stereocenters. The van der Waals surface area contributed by atoms with E-state index in [1.807, 2.05) is 0 Å². The lowest BCUT2D eigenvalue weighted by Crippen LogP contribution is -2.48. The molecule has 2 aromatic rings. The summed E-state index contributed by atoms with van der Waals surface area (Å²) in [5, 5.41) is 10.7. The summed E-state index contributed by atoms with van der Waals surface area (Å²) in [6.07, 6.45) is 0. The molecular formula is C14H16FN5OS. The number of piperazine rings is 1. The standard InChI is InChI=1S/C14H16FN5OS/c15-11-1-3-12(4-2-11)20-7-5-19(6-8-20)9-13(21)17-14-18-16-10-22-14/h1-4,10H,5-9H2,(H,17,18,21). The highest BCUT2D eigenvalue weighted by molar-refractivity contribution is 7.13. The van der Waals surface area contributed by atoms with Gasteiger partial charge in [-0.25, -0.2) is 4.39 Å². The maximum absolute atomic E-state index is 12.9. The second kappa shape index (κ2) is 6.80. The Bertz CT molecular complexity index is 611. The molecule has 8 heteroatoms. The number of carbonyl (C=O) groups is 1. The van der Waals surface area contributed by atoms with Gasteiger partial charge in [0.05, 0.1) is 6.54 Å². The minimum absolute atomic E-state index is 0.0769. The Balaban J connectivity index is 1.47. The van der Waals surface area contributed by atoms with Crippen molar-refractivity contribution in [3.63, 3.8) is 0 Å². The van der Waals surface area contributed by atoms with Gasteiger partial charge in [0.2, 0.25) is 11.0 Å². The number of halogens is 1. The van der Waals surface area contributed by atoms with Crippen molar-refractivity contribution >= 4 is 28.1 Å². The minimum atomic E-state index is -0.226. The van der Waals surface area contributed by atoms with Crippen LogP contribution in [0.1, 0.15) is 0 Å². The number of carbonyl (C=O) groups excluding carboxylic acids is 1.